The van der Waals surface area contributed by atoms with Gasteiger partial charge in [-0.2, -0.15) is 5.26 Å². The van der Waals surface area contributed by atoms with Gasteiger partial charge >= 0.3 is 0 Å². The van der Waals surface area contributed by atoms with Gasteiger partial charge in [-0.15, -0.1) is 0 Å². The SMILES string of the molecule is COc1ccc(CNCc2cccc(Cl)c2)cc1-c1ccc(O)c2c1C[C@@]1(N)C[C@@]3(N)[C@H](N(C)C)C(=O)C(C(N)=O)=C(O)[C@@]3(C#N)C(=O)C1=C2O. The molecule has 0 saturated heterocycles. The van der Waals surface area contributed by atoms with Crippen LogP contribution in [0.5, 0.6) is 11.5 Å². The quantitative estimate of drug-likeness (QED) is 0.167. The number of rotatable bonds is 8. The van der Waals surface area contributed by atoms with E-state index in [0.717, 1.165) is 11.1 Å². The highest BCUT2D eigenvalue weighted by Gasteiger charge is 2.74. The number of nitriles is 1. The number of hydrogen-bond donors (Lipinski definition) is 7. The Morgan fingerprint density at radius 3 is 2.35 bits per heavy atom. The van der Waals surface area contributed by atoms with Crippen LogP contribution in [0.3, 0.4) is 0 Å². The Bertz CT molecular complexity index is 2140. The van der Waals surface area contributed by atoms with Crippen LogP contribution in [0.15, 0.2) is 71.5 Å². The Balaban J connectivity index is 1.51. The average molecular weight is 713 g/mol. The topological polar surface area (TPSA) is 238 Å². The maximum absolute atomic E-state index is 14.7. The van der Waals surface area contributed by atoms with Crippen LogP contribution in [0.25, 0.3) is 16.9 Å². The van der Waals surface area contributed by atoms with Gasteiger partial charge in [0.05, 0.1) is 41.4 Å². The van der Waals surface area contributed by atoms with E-state index in [0.29, 0.717) is 40.6 Å². The number of aliphatic hydroxyl groups excluding tert-OH is 2. The number of carbonyl (C=O) groups excluding carboxylic acids is 3. The summed E-state index contributed by atoms with van der Waals surface area (Å²) in [5.74, 6) is -5.40. The minimum absolute atomic E-state index is 0.115. The lowest BCUT2D eigenvalue weighted by Crippen LogP contribution is -2.80. The summed E-state index contributed by atoms with van der Waals surface area (Å²) in [6, 6.07) is 16.3. The number of nitrogens with one attached hydrogen (secondary N) is 1. The molecule has 13 nitrogen and oxygen atoms in total. The first-order valence-electron chi connectivity index (χ1n) is 16.0. The van der Waals surface area contributed by atoms with Crippen LogP contribution in [0.4, 0.5) is 0 Å². The third kappa shape index (κ3) is 5.18. The zero-order valence-electron chi connectivity index (χ0n) is 28.1. The predicted octanol–water partition coefficient (Wildman–Crippen LogP) is 2.52. The second-order valence-electron chi connectivity index (χ2n) is 13.5. The van der Waals surface area contributed by atoms with Crippen LogP contribution in [-0.2, 0) is 33.9 Å². The zero-order chi connectivity index (χ0) is 37.2. The first-order valence-corrected chi connectivity index (χ1v) is 16.3. The molecule has 1 saturated carbocycles. The summed E-state index contributed by atoms with van der Waals surface area (Å²) in [5, 5.41) is 49.1. The summed E-state index contributed by atoms with van der Waals surface area (Å²) in [5.41, 5.74) is 14.5. The summed E-state index contributed by atoms with van der Waals surface area (Å²) >= 11 is 6.13. The molecule has 0 unspecified atom stereocenters. The van der Waals surface area contributed by atoms with E-state index >= 15 is 0 Å². The highest BCUT2D eigenvalue weighted by Crippen LogP contribution is 2.59. The van der Waals surface area contributed by atoms with Crippen LogP contribution in [0.1, 0.15) is 28.7 Å². The van der Waals surface area contributed by atoms with E-state index in [-0.39, 0.29) is 17.7 Å². The van der Waals surface area contributed by atoms with Gasteiger partial charge in [0, 0.05) is 23.7 Å². The Kier molecular flexibility index (Phi) is 8.74. The number of carbonyl (C=O) groups is 3. The van der Waals surface area contributed by atoms with Crippen molar-refractivity contribution < 1.29 is 34.4 Å². The minimum atomic E-state index is -2.74. The second kappa shape index (κ2) is 12.5. The fraction of sp³-hybridized carbons (Fsp3) is 0.297. The number of ketones is 2. The first kappa shape index (κ1) is 35.6. The molecule has 0 spiro atoms. The maximum Gasteiger partial charge on any atom is 0.255 e. The molecule has 10 N–H and O–H groups in total. The van der Waals surface area contributed by atoms with Crippen molar-refractivity contribution in [3.8, 4) is 28.7 Å². The van der Waals surface area contributed by atoms with Crippen LogP contribution < -0.4 is 27.3 Å². The Morgan fingerprint density at radius 1 is 1.06 bits per heavy atom. The molecule has 0 aliphatic heterocycles. The molecule has 14 heteroatoms. The van der Waals surface area contributed by atoms with Gasteiger partial charge in [0.15, 0.2) is 17.0 Å². The maximum atomic E-state index is 14.7. The molecule has 4 atom stereocenters. The molecular formula is C37H37ClN6O7. The van der Waals surface area contributed by atoms with Crippen molar-refractivity contribution in [2.45, 2.75) is 43.1 Å². The van der Waals surface area contributed by atoms with Gasteiger partial charge in [-0.05, 0) is 79.5 Å². The van der Waals surface area contributed by atoms with Crippen molar-refractivity contribution in [3.63, 3.8) is 0 Å². The van der Waals surface area contributed by atoms with E-state index in [4.69, 9.17) is 33.5 Å². The first-order chi connectivity index (χ1) is 24.1. The Labute approximate surface area is 298 Å². The zero-order valence-corrected chi connectivity index (χ0v) is 28.8. The van der Waals surface area contributed by atoms with E-state index in [1.165, 1.54) is 32.2 Å². The van der Waals surface area contributed by atoms with E-state index in [9.17, 15) is 35.0 Å². The van der Waals surface area contributed by atoms with Gasteiger partial charge in [-0.1, -0.05) is 35.9 Å². The molecule has 6 rings (SSSR count). The third-order valence-electron chi connectivity index (χ3n) is 10.2. The molecule has 1 fully saturated rings. The number of phenols is 1. The number of amides is 1. The number of primary amides is 1. The van der Waals surface area contributed by atoms with Gasteiger partial charge in [0.1, 0.15) is 28.6 Å². The van der Waals surface area contributed by atoms with E-state index in [2.05, 4.69) is 5.32 Å². The number of nitrogens with two attached hydrogens (primary N) is 3. The monoisotopic (exact) mass is 712 g/mol. The highest BCUT2D eigenvalue weighted by molar-refractivity contribution is 6.30. The number of likely N-dealkylation sites (N-methyl/N-ethyl adjacent to an activating group) is 1. The molecule has 3 aliphatic rings. The summed E-state index contributed by atoms with van der Waals surface area (Å²) < 4.78 is 5.72. The number of nitrogens with zero attached hydrogens (tertiary/aromatic N) is 2. The molecule has 0 heterocycles. The van der Waals surface area contributed by atoms with Gasteiger partial charge < -0.3 is 42.6 Å². The van der Waals surface area contributed by atoms with Crippen molar-refractivity contribution in [2.24, 2.45) is 22.6 Å². The molecule has 0 aromatic heterocycles. The van der Waals surface area contributed by atoms with Crippen molar-refractivity contribution in [1.29, 1.82) is 5.26 Å². The number of benzene rings is 3. The molecule has 3 aromatic rings. The molecule has 0 bridgehead atoms. The number of aromatic hydroxyl groups is 1. The fourth-order valence-electron chi connectivity index (χ4n) is 8.16. The number of aliphatic hydroxyl groups is 2. The summed E-state index contributed by atoms with van der Waals surface area (Å²) in [7, 11) is 4.43. The van der Waals surface area contributed by atoms with Gasteiger partial charge in [-0.25, -0.2) is 0 Å². The molecule has 3 aromatic carbocycles. The molecule has 264 valence electrons. The third-order valence-corrected chi connectivity index (χ3v) is 10.5. The number of hydrogen-bond acceptors (Lipinski definition) is 12. The van der Waals surface area contributed by atoms with E-state index < -0.39 is 69.1 Å². The average Bonchev–Trinajstić information content (AvgIpc) is 3.04. The normalized spacial score (nSPS) is 25.6. The van der Waals surface area contributed by atoms with Gasteiger partial charge in [-0.3, -0.25) is 19.3 Å². The Hall–Kier alpha value is -5.23. The van der Waals surface area contributed by atoms with Crippen LogP contribution in [-0.4, -0.2) is 76.0 Å². The number of fused-ring (bicyclic) bond motifs is 3. The van der Waals surface area contributed by atoms with E-state index in [1.54, 1.807) is 24.3 Å². The number of halogens is 1. The minimum Gasteiger partial charge on any atom is -0.509 e. The van der Waals surface area contributed by atoms with Crippen molar-refractivity contribution in [1.82, 2.24) is 10.2 Å². The molecule has 0 radical (unpaired) electrons. The van der Waals surface area contributed by atoms with Crippen molar-refractivity contribution in [3.05, 3.63) is 98.8 Å². The standard InChI is InChI=1S/C37H37ClN6O7/c1-44(2)31-30(47)27(34(40)50)32(48)36(17-39)33(49)28-29(46)26-23(13-35(28,41)16-37(31,36)42)21(8-9-24(26)45)22-12-19(7-10-25(22)51-3)15-43-14-18-5-4-6-20(38)11-18/h4-12,31,43,45-46,48H,13-16,41-42H2,1-3H3,(H2,40,50)/t31-,35-,36+,37-/m1/s1. The largest absolute Gasteiger partial charge is 0.509 e. The predicted molar refractivity (Wildman–Crippen MR) is 188 cm³/mol. The highest BCUT2D eigenvalue weighted by atomic mass is 35.5. The Morgan fingerprint density at radius 2 is 1.75 bits per heavy atom. The van der Waals surface area contributed by atoms with E-state index in [1.807, 2.05) is 30.3 Å². The number of ether oxygens (including phenoxy) is 1. The lowest BCUT2D eigenvalue weighted by atomic mass is 9.47. The van der Waals surface area contributed by atoms with Crippen LogP contribution >= 0.6 is 11.6 Å². The number of Topliss-reactive ketones (excluding diaryl/α,β-unsaturated/α-hetero) is 2. The van der Waals surface area contributed by atoms with Gasteiger partial charge in [0.2, 0.25) is 0 Å². The van der Waals surface area contributed by atoms with Crippen molar-refractivity contribution >= 4 is 34.8 Å². The smallest absolute Gasteiger partial charge is 0.255 e. The van der Waals surface area contributed by atoms with Crippen LogP contribution in [0, 0.1) is 16.7 Å². The van der Waals surface area contributed by atoms with Gasteiger partial charge in [0.25, 0.3) is 5.91 Å². The number of phenolic OH excluding ortho intramolecular Hbond substituents is 1. The molecule has 3 aliphatic carbocycles. The van der Waals surface area contributed by atoms with Crippen LogP contribution in [0.2, 0.25) is 5.02 Å². The van der Waals surface area contributed by atoms with Crippen molar-refractivity contribution in [2.75, 3.05) is 21.2 Å². The summed E-state index contributed by atoms with van der Waals surface area (Å²) in [6.45, 7) is 1.01. The second-order valence-corrected chi connectivity index (χ2v) is 14.0. The number of methoxy groups -OCH3 is 1. The lowest BCUT2D eigenvalue weighted by Gasteiger charge is -2.58. The molecular weight excluding hydrogens is 676 g/mol. The summed E-state index contributed by atoms with van der Waals surface area (Å²) in [6.07, 6.45) is -0.679. The lowest BCUT2D eigenvalue weighted by molar-refractivity contribution is -0.139. The summed E-state index contributed by atoms with van der Waals surface area (Å²) in [4.78, 5) is 42.2. The fourth-order valence-corrected chi connectivity index (χ4v) is 8.37. The molecule has 1 amide bonds. The molecule has 51 heavy (non-hydrogen) atoms.